The Hall–Kier alpha value is -4.12. The smallest absolute Gasteiger partial charge is 0.172 e. The molecule has 0 radical (unpaired) electrons. The number of benzene rings is 4. The van der Waals surface area contributed by atoms with E-state index in [-0.39, 0.29) is 17.2 Å². The van der Waals surface area contributed by atoms with Gasteiger partial charge in [-0.25, -0.2) is 0 Å². The summed E-state index contributed by atoms with van der Waals surface area (Å²) in [5.41, 5.74) is 6.30. The van der Waals surface area contributed by atoms with Gasteiger partial charge in [-0.1, -0.05) is 48.5 Å². The van der Waals surface area contributed by atoms with Gasteiger partial charge in [-0.15, -0.1) is 0 Å². The number of hydrogen-bond acceptors (Lipinski definition) is 5. The van der Waals surface area contributed by atoms with Crippen molar-refractivity contribution in [1.29, 1.82) is 0 Å². The van der Waals surface area contributed by atoms with E-state index in [4.69, 9.17) is 4.74 Å². The Morgan fingerprint density at radius 3 is 1.49 bits per heavy atom. The van der Waals surface area contributed by atoms with Crippen molar-refractivity contribution in [3.63, 3.8) is 0 Å². The predicted octanol–water partition coefficient (Wildman–Crippen LogP) is 7.92. The molecule has 0 unspecified atom stereocenters. The van der Waals surface area contributed by atoms with Gasteiger partial charge in [-0.2, -0.15) is 0 Å². The van der Waals surface area contributed by atoms with E-state index in [1.165, 1.54) is 0 Å². The second-order valence-electron chi connectivity index (χ2n) is 9.08. The molecule has 5 heteroatoms. The largest absolute Gasteiger partial charge is 0.505 e. The molecular weight excluding hydrogens is 438 g/mol. The van der Waals surface area contributed by atoms with Crippen LogP contribution in [-0.4, -0.2) is 15.3 Å². The fraction of sp³-hybridized carbons (Fsp3) is 0.200. The number of phenols is 3. The third kappa shape index (κ3) is 4.26. The summed E-state index contributed by atoms with van der Waals surface area (Å²) in [6.07, 6.45) is 0. The molecule has 0 saturated heterocycles. The van der Waals surface area contributed by atoms with Gasteiger partial charge in [0, 0.05) is 0 Å². The first-order valence-corrected chi connectivity index (χ1v) is 11.6. The van der Waals surface area contributed by atoms with Gasteiger partial charge in [-0.3, -0.25) is 4.90 Å². The maximum absolute atomic E-state index is 11.2. The van der Waals surface area contributed by atoms with Crippen molar-refractivity contribution < 1.29 is 20.1 Å². The first kappa shape index (κ1) is 24.0. The summed E-state index contributed by atoms with van der Waals surface area (Å²) in [5, 5.41) is 33.2. The normalized spacial score (nSPS) is 10.9. The lowest BCUT2D eigenvalue weighted by Gasteiger charge is -2.31. The molecule has 0 aliphatic rings. The van der Waals surface area contributed by atoms with E-state index in [0.29, 0.717) is 45.3 Å². The van der Waals surface area contributed by atoms with Crippen LogP contribution in [0.2, 0.25) is 0 Å². The molecule has 3 N–H and O–H groups in total. The minimum absolute atomic E-state index is 0.0792. The van der Waals surface area contributed by atoms with E-state index in [2.05, 4.69) is 0 Å². The first-order chi connectivity index (χ1) is 16.6. The zero-order valence-corrected chi connectivity index (χ0v) is 21.0. The van der Waals surface area contributed by atoms with Crippen LogP contribution >= 0.6 is 0 Å². The first-order valence-electron chi connectivity index (χ1n) is 11.6. The van der Waals surface area contributed by atoms with Crippen molar-refractivity contribution >= 4 is 17.1 Å². The number of phenolic OH excluding ortho intramolecular Hbond substituents is 3. The van der Waals surface area contributed by atoms with E-state index >= 15 is 0 Å². The third-order valence-corrected chi connectivity index (χ3v) is 6.40. The van der Waals surface area contributed by atoms with Gasteiger partial charge in [0.1, 0.15) is 11.5 Å². The highest BCUT2D eigenvalue weighted by molar-refractivity contribution is 5.89. The van der Waals surface area contributed by atoms with Crippen molar-refractivity contribution in [2.45, 2.75) is 41.5 Å². The molecule has 0 heterocycles. The number of nitrogens with zero attached hydrogens (tertiary/aromatic N) is 1. The maximum Gasteiger partial charge on any atom is 0.172 e. The SMILES string of the molecule is Cc1ccc(C)c(Oc2ccccc2N(c2c(C)ccc(C)c2O)c2c(C)ccc(C)c2O)c1O. The van der Waals surface area contributed by atoms with Gasteiger partial charge in [0.15, 0.2) is 17.2 Å². The molecule has 0 spiro atoms. The highest BCUT2D eigenvalue weighted by Gasteiger charge is 2.27. The summed E-state index contributed by atoms with van der Waals surface area (Å²) in [6, 6.07) is 18.8. The lowest BCUT2D eigenvalue weighted by atomic mass is 10.0. The fourth-order valence-corrected chi connectivity index (χ4v) is 4.22. The molecule has 0 fully saturated rings. The van der Waals surface area contributed by atoms with Crippen molar-refractivity contribution in [3.05, 3.63) is 94.0 Å². The summed E-state index contributed by atoms with van der Waals surface area (Å²) in [7, 11) is 0. The Bertz CT molecular complexity index is 1370. The lowest BCUT2D eigenvalue weighted by Crippen LogP contribution is -2.15. The van der Waals surface area contributed by atoms with Crippen molar-refractivity contribution in [3.8, 4) is 28.7 Å². The van der Waals surface area contributed by atoms with E-state index in [0.717, 1.165) is 16.7 Å². The summed E-state index contributed by atoms with van der Waals surface area (Å²) in [4.78, 5) is 1.84. The van der Waals surface area contributed by atoms with Crippen LogP contribution < -0.4 is 9.64 Å². The van der Waals surface area contributed by atoms with E-state index in [1.807, 2.05) is 107 Å². The number of ether oxygens (including phenoxy) is 1. The van der Waals surface area contributed by atoms with Crippen molar-refractivity contribution in [1.82, 2.24) is 0 Å². The molecule has 0 bridgehead atoms. The number of hydrogen-bond donors (Lipinski definition) is 3. The summed E-state index contributed by atoms with van der Waals surface area (Å²) >= 11 is 0. The second-order valence-corrected chi connectivity index (χ2v) is 9.08. The molecule has 0 aromatic heterocycles. The highest BCUT2D eigenvalue weighted by Crippen LogP contribution is 2.51. The molecule has 0 atom stereocenters. The van der Waals surface area contributed by atoms with Crippen molar-refractivity contribution in [2.75, 3.05) is 4.90 Å². The Balaban J connectivity index is 2.04. The van der Waals surface area contributed by atoms with E-state index < -0.39 is 0 Å². The zero-order chi connectivity index (χ0) is 25.4. The molecule has 0 aliphatic heterocycles. The van der Waals surface area contributed by atoms with Crippen molar-refractivity contribution in [2.24, 2.45) is 0 Å². The average Bonchev–Trinajstić information content (AvgIpc) is 2.83. The summed E-state index contributed by atoms with van der Waals surface area (Å²) in [6.45, 7) is 11.2. The second kappa shape index (κ2) is 9.26. The zero-order valence-electron chi connectivity index (χ0n) is 21.0. The molecule has 180 valence electrons. The van der Waals surface area contributed by atoms with Gasteiger partial charge >= 0.3 is 0 Å². The lowest BCUT2D eigenvalue weighted by molar-refractivity contribution is 0.406. The average molecular weight is 470 g/mol. The molecule has 0 aliphatic carbocycles. The molecule has 0 amide bonds. The fourth-order valence-electron chi connectivity index (χ4n) is 4.22. The Kier molecular flexibility index (Phi) is 6.35. The maximum atomic E-state index is 11.2. The Morgan fingerprint density at radius 1 is 0.514 bits per heavy atom. The topological polar surface area (TPSA) is 73.2 Å². The molecule has 4 rings (SSSR count). The van der Waals surface area contributed by atoms with Crippen LogP contribution in [0.4, 0.5) is 17.1 Å². The van der Waals surface area contributed by atoms with Crippen LogP contribution in [0.3, 0.4) is 0 Å². The van der Waals surface area contributed by atoms with Gasteiger partial charge < -0.3 is 20.1 Å². The van der Waals surface area contributed by atoms with Crippen LogP contribution in [0.15, 0.2) is 60.7 Å². The Labute approximate surface area is 206 Å². The molecule has 4 aromatic rings. The number of rotatable bonds is 5. The predicted molar refractivity (Wildman–Crippen MR) is 141 cm³/mol. The van der Waals surface area contributed by atoms with Gasteiger partial charge in [0.2, 0.25) is 0 Å². The van der Waals surface area contributed by atoms with Gasteiger partial charge in [0.05, 0.1) is 17.1 Å². The van der Waals surface area contributed by atoms with Gasteiger partial charge in [-0.05, 0) is 87.1 Å². The summed E-state index contributed by atoms with van der Waals surface area (Å²) in [5.74, 6) is 1.16. The quantitative estimate of drug-likeness (QED) is 0.277. The monoisotopic (exact) mass is 469 g/mol. The molecule has 0 saturated carbocycles. The highest BCUT2D eigenvalue weighted by atomic mass is 16.5. The van der Waals surface area contributed by atoms with E-state index in [1.54, 1.807) is 0 Å². The molecular formula is C30H31NO4. The van der Waals surface area contributed by atoms with E-state index in [9.17, 15) is 15.3 Å². The minimum Gasteiger partial charge on any atom is -0.505 e. The van der Waals surface area contributed by atoms with Crippen LogP contribution in [0, 0.1) is 41.5 Å². The standard InChI is InChI=1S/C30H31NO4/c1-17-11-13-19(3)27(32)25(17)31(26-18(2)12-14-20(4)28(26)33)23-9-7-8-10-24(23)35-30-22(6)16-15-21(5)29(30)34/h7-16,32-34H,1-6H3. The molecule has 5 nitrogen and oxygen atoms in total. The molecule has 4 aromatic carbocycles. The number of aryl methyl sites for hydroxylation is 6. The molecule has 35 heavy (non-hydrogen) atoms. The van der Waals surface area contributed by atoms with Crippen LogP contribution in [0.25, 0.3) is 0 Å². The van der Waals surface area contributed by atoms with Crippen LogP contribution in [0.5, 0.6) is 28.7 Å². The van der Waals surface area contributed by atoms with Gasteiger partial charge in [0.25, 0.3) is 0 Å². The summed E-state index contributed by atoms with van der Waals surface area (Å²) < 4.78 is 6.34. The number of anilines is 3. The minimum atomic E-state index is 0.0792. The number of para-hydroxylation sites is 2. The Morgan fingerprint density at radius 2 is 0.943 bits per heavy atom. The van der Waals surface area contributed by atoms with Crippen LogP contribution in [0.1, 0.15) is 33.4 Å². The third-order valence-electron chi connectivity index (χ3n) is 6.40. The van der Waals surface area contributed by atoms with Crippen LogP contribution in [-0.2, 0) is 0 Å². The number of aromatic hydroxyl groups is 3.